The summed E-state index contributed by atoms with van der Waals surface area (Å²) in [5, 5.41) is 15.1. The number of likely N-dealkylation sites (tertiary alicyclic amines) is 1. The summed E-state index contributed by atoms with van der Waals surface area (Å²) < 4.78 is 78.5. The number of alkyl halides is 3. The Labute approximate surface area is 215 Å². The first kappa shape index (κ1) is 23.6. The summed E-state index contributed by atoms with van der Waals surface area (Å²) in [7, 11) is 1.38. The Morgan fingerprint density at radius 1 is 1.29 bits per heavy atom. The van der Waals surface area contributed by atoms with Crippen LogP contribution in [0.1, 0.15) is 13.8 Å². The van der Waals surface area contributed by atoms with Crippen molar-refractivity contribution < 1.29 is 28.4 Å². The molecule has 5 heterocycles. The average molecular weight is 536 g/mol. The van der Waals surface area contributed by atoms with Gasteiger partial charge in [-0.15, -0.1) is 10.2 Å². The molecule has 4 aromatic rings. The number of nitrogens with one attached hydrogen (secondary N) is 1. The van der Waals surface area contributed by atoms with E-state index in [0.29, 0.717) is 29.6 Å². The van der Waals surface area contributed by atoms with Crippen LogP contribution >= 0.6 is 0 Å². The number of anilines is 1. The minimum atomic E-state index is -1.29. The number of methoxy groups -OCH3 is 1. The molecule has 2 saturated heterocycles. The summed E-state index contributed by atoms with van der Waals surface area (Å²) in [6.45, 7) is -0.852. The zero-order valence-electron chi connectivity index (χ0n) is 21.5. The molecule has 0 aliphatic carbocycles. The first-order valence-corrected chi connectivity index (χ1v) is 12.2. The molecule has 14 heteroatoms. The standard InChI is InChI=1S/C24H26F4N8O2/c1-37-23-22-21(13-2-3-19-20(6-13)36(33-31-19)14(7-25)8-26)17(28)10-35(22)32-24(30-23)29-18-4-5-34(9-16(18)27)15-11-38-12-15/h2-3,6,10,14-16,18H,4-5,7-9,11-12H2,1H3,(H,29,32)/t16-,18+/m1/s1/i15D. The van der Waals surface area contributed by atoms with E-state index >= 15 is 8.78 Å². The van der Waals surface area contributed by atoms with Gasteiger partial charge in [0, 0.05) is 13.1 Å². The number of ether oxygens (including phenoxy) is 2. The van der Waals surface area contributed by atoms with E-state index in [0.717, 1.165) is 10.9 Å². The SMILES string of the molecule is [2H]C1(N2CC[C@H](Nc3nc(OC)c4c(-c5ccc6nnn(C(CF)CF)c6c5)c(F)cn4n3)[C@H](F)C2)COC1. The van der Waals surface area contributed by atoms with Crippen LogP contribution in [0.15, 0.2) is 24.4 Å². The van der Waals surface area contributed by atoms with Gasteiger partial charge in [0.05, 0.1) is 51.0 Å². The van der Waals surface area contributed by atoms with Gasteiger partial charge in [0.15, 0.2) is 5.82 Å². The summed E-state index contributed by atoms with van der Waals surface area (Å²) in [5.41, 5.74) is 1.46. The maximum atomic E-state index is 15.4. The molecule has 2 fully saturated rings. The van der Waals surface area contributed by atoms with Gasteiger partial charge < -0.3 is 14.8 Å². The molecule has 1 N–H and O–H groups in total. The van der Waals surface area contributed by atoms with E-state index in [1.165, 1.54) is 11.6 Å². The van der Waals surface area contributed by atoms with Crippen molar-refractivity contribution in [2.45, 2.75) is 30.7 Å². The lowest BCUT2D eigenvalue weighted by atomic mass is 10.0. The van der Waals surface area contributed by atoms with Crippen LogP contribution in [0, 0.1) is 5.82 Å². The smallest absolute Gasteiger partial charge is 0.244 e. The third-order valence-electron chi connectivity index (χ3n) is 7.05. The van der Waals surface area contributed by atoms with E-state index in [1.54, 1.807) is 23.1 Å². The van der Waals surface area contributed by atoms with Gasteiger partial charge in [-0.3, -0.25) is 4.90 Å². The fourth-order valence-electron chi connectivity index (χ4n) is 4.93. The molecule has 6 rings (SSSR count). The number of rotatable bonds is 8. The topological polar surface area (TPSA) is 94.6 Å². The number of hydrogen-bond donors (Lipinski definition) is 1. The van der Waals surface area contributed by atoms with Gasteiger partial charge in [-0.1, -0.05) is 11.3 Å². The van der Waals surface area contributed by atoms with Crippen molar-refractivity contribution in [3.63, 3.8) is 0 Å². The monoisotopic (exact) mass is 535 g/mol. The lowest BCUT2D eigenvalue weighted by molar-refractivity contribution is -0.0794. The second-order valence-corrected chi connectivity index (χ2v) is 9.35. The van der Waals surface area contributed by atoms with Gasteiger partial charge in [-0.25, -0.2) is 26.8 Å². The van der Waals surface area contributed by atoms with E-state index in [-0.39, 0.29) is 42.7 Å². The maximum absolute atomic E-state index is 15.4. The molecule has 2 aliphatic heterocycles. The first-order chi connectivity index (χ1) is 18.8. The fraction of sp³-hybridized carbons (Fsp3) is 0.500. The van der Waals surface area contributed by atoms with Crippen molar-refractivity contribution >= 4 is 22.5 Å². The fourth-order valence-corrected chi connectivity index (χ4v) is 4.93. The van der Waals surface area contributed by atoms with Crippen LogP contribution in [-0.2, 0) is 4.74 Å². The van der Waals surface area contributed by atoms with Crippen LogP contribution in [0.3, 0.4) is 0 Å². The molecule has 0 amide bonds. The number of fused-ring (bicyclic) bond motifs is 2. The number of hydrogen-bond acceptors (Lipinski definition) is 8. The lowest BCUT2D eigenvalue weighted by Crippen LogP contribution is -2.57. The number of benzene rings is 1. The first-order valence-electron chi connectivity index (χ1n) is 12.7. The van der Waals surface area contributed by atoms with Crippen molar-refractivity contribution in [1.82, 2.24) is 34.5 Å². The van der Waals surface area contributed by atoms with E-state index in [2.05, 4.69) is 25.7 Å². The Morgan fingerprint density at radius 2 is 2.11 bits per heavy atom. The molecule has 202 valence electrons. The van der Waals surface area contributed by atoms with Crippen molar-refractivity contribution in [3.05, 3.63) is 30.2 Å². The Bertz CT molecular complexity index is 1510. The normalized spacial score (nSPS) is 22.1. The highest BCUT2D eigenvalue weighted by molar-refractivity contribution is 5.89. The van der Waals surface area contributed by atoms with Gasteiger partial charge in [0.25, 0.3) is 0 Å². The molecule has 0 bridgehead atoms. The van der Waals surface area contributed by atoms with Gasteiger partial charge >= 0.3 is 0 Å². The summed E-state index contributed by atoms with van der Waals surface area (Å²) in [6, 6.07) is 2.10. The Hall–Kier alpha value is -3.52. The highest BCUT2D eigenvalue weighted by Gasteiger charge is 2.36. The Balaban J connectivity index is 1.32. The van der Waals surface area contributed by atoms with Gasteiger partial charge in [0.2, 0.25) is 11.8 Å². The molecule has 3 aromatic heterocycles. The van der Waals surface area contributed by atoms with Gasteiger partial charge in [0.1, 0.15) is 36.6 Å². The minimum absolute atomic E-state index is 0.0492. The van der Waals surface area contributed by atoms with Crippen LogP contribution in [-0.4, -0.2) is 99.5 Å². The Kier molecular flexibility index (Phi) is 6.20. The predicted octanol–water partition coefficient (Wildman–Crippen LogP) is 2.99. The largest absolute Gasteiger partial charge is 0.479 e. The van der Waals surface area contributed by atoms with Crippen molar-refractivity contribution in [3.8, 4) is 17.0 Å². The van der Waals surface area contributed by atoms with E-state index in [1.807, 2.05) is 0 Å². The lowest BCUT2D eigenvalue weighted by Gasteiger charge is -2.42. The van der Waals surface area contributed by atoms with Gasteiger partial charge in [-0.2, -0.15) is 4.98 Å². The highest BCUT2D eigenvalue weighted by atomic mass is 19.1. The van der Waals surface area contributed by atoms with Crippen molar-refractivity contribution in [2.24, 2.45) is 0 Å². The summed E-state index contributed by atoms with van der Waals surface area (Å²) in [5.74, 6) is -0.528. The summed E-state index contributed by atoms with van der Waals surface area (Å²) >= 11 is 0. The van der Waals surface area contributed by atoms with Crippen LogP contribution in [0.25, 0.3) is 27.7 Å². The van der Waals surface area contributed by atoms with Crippen LogP contribution < -0.4 is 10.1 Å². The third kappa shape index (κ3) is 4.21. The number of nitrogens with zero attached hydrogens (tertiary/aromatic N) is 7. The molecule has 0 spiro atoms. The molecule has 38 heavy (non-hydrogen) atoms. The van der Waals surface area contributed by atoms with Crippen molar-refractivity contribution in [2.75, 3.05) is 52.1 Å². The van der Waals surface area contributed by atoms with E-state index < -0.39 is 43.4 Å². The Morgan fingerprint density at radius 3 is 2.79 bits per heavy atom. The molecule has 0 unspecified atom stereocenters. The van der Waals surface area contributed by atoms with E-state index in [4.69, 9.17) is 10.8 Å². The molecular weight excluding hydrogens is 508 g/mol. The molecule has 0 saturated carbocycles. The van der Waals surface area contributed by atoms with Crippen LogP contribution in [0.2, 0.25) is 0 Å². The maximum Gasteiger partial charge on any atom is 0.244 e. The summed E-state index contributed by atoms with van der Waals surface area (Å²) in [6.07, 6.45) is 0.283. The van der Waals surface area contributed by atoms with Gasteiger partial charge in [-0.05, 0) is 24.1 Å². The third-order valence-corrected chi connectivity index (χ3v) is 7.05. The summed E-state index contributed by atoms with van der Waals surface area (Å²) in [4.78, 5) is 6.15. The zero-order valence-corrected chi connectivity index (χ0v) is 20.5. The second kappa shape index (κ2) is 9.98. The minimum Gasteiger partial charge on any atom is -0.479 e. The second-order valence-electron chi connectivity index (χ2n) is 9.35. The molecule has 10 nitrogen and oxygen atoms in total. The number of aromatic nitrogens is 6. The molecule has 1 aromatic carbocycles. The molecule has 0 radical (unpaired) electrons. The molecule has 2 atom stereocenters. The average Bonchev–Trinajstić information content (AvgIpc) is 3.48. The highest BCUT2D eigenvalue weighted by Crippen LogP contribution is 2.36. The molecular formula is C24H26F4N8O2. The number of piperidine rings is 1. The zero-order chi connectivity index (χ0) is 27.3. The molecule has 2 aliphatic rings. The quantitative estimate of drug-likeness (QED) is 0.344. The van der Waals surface area contributed by atoms with Crippen LogP contribution in [0.5, 0.6) is 5.88 Å². The van der Waals surface area contributed by atoms with E-state index in [9.17, 15) is 8.78 Å². The predicted molar refractivity (Wildman–Crippen MR) is 130 cm³/mol. The van der Waals surface area contributed by atoms with Crippen LogP contribution in [0.4, 0.5) is 23.5 Å². The van der Waals surface area contributed by atoms with Crippen molar-refractivity contribution in [1.29, 1.82) is 0 Å². The number of halogens is 4.